The van der Waals surface area contributed by atoms with Crippen LogP contribution in [0.3, 0.4) is 0 Å². The third-order valence-electron chi connectivity index (χ3n) is 0.889. The highest BCUT2D eigenvalue weighted by Gasteiger charge is 1.96. The van der Waals surface area contributed by atoms with Crippen LogP contribution < -0.4 is 0 Å². The van der Waals surface area contributed by atoms with Crippen molar-refractivity contribution in [3.8, 4) is 0 Å². The molecule has 0 aliphatic rings. The van der Waals surface area contributed by atoms with Crippen molar-refractivity contribution in [3.05, 3.63) is 18.5 Å². The summed E-state index contributed by atoms with van der Waals surface area (Å²) in [6, 6.07) is 1.69. The Morgan fingerprint density at radius 1 is 1.75 bits per heavy atom. The van der Waals surface area contributed by atoms with E-state index in [0.29, 0.717) is 0 Å². The third kappa shape index (κ3) is 0.857. The minimum absolute atomic E-state index is 1.01. The minimum Gasteiger partial charge on any atom is -0.239 e. The summed E-state index contributed by atoms with van der Waals surface area (Å²) in [6.07, 6.45) is 2.13. The molecule has 0 N–H and O–H groups in total. The van der Waals surface area contributed by atoms with Crippen LogP contribution in [0.5, 0.6) is 0 Å². The van der Waals surface area contributed by atoms with Crippen molar-refractivity contribution in [1.29, 1.82) is 0 Å². The Morgan fingerprint density at radius 3 is 2.75 bits per heavy atom. The predicted molar refractivity (Wildman–Crippen MR) is 28.0 cm³/mol. The quantitative estimate of drug-likeness (QED) is 0.539. The Labute approximate surface area is 46.9 Å². The van der Waals surface area contributed by atoms with Crippen molar-refractivity contribution in [2.45, 2.75) is 13.2 Å². The molecule has 0 bridgehead atoms. The first-order valence-corrected chi connectivity index (χ1v) is 2.44. The lowest BCUT2D eigenvalue weighted by Gasteiger charge is -1.97. The van der Waals surface area contributed by atoms with Crippen LogP contribution in [0.15, 0.2) is 18.5 Å². The van der Waals surface area contributed by atoms with Gasteiger partial charge < -0.3 is 0 Å². The van der Waals surface area contributed by atoms with Crippen molar-refractivity contribution in [1.82, 2.24) is 9.78 Å². The molecule has 0 aromatic carbocycles. The van der Waals surface area contributed by atoms with Crippen molar-refractivity contribution < 1.29 is 4.39 Å². The lowest BCUT2D eigenvalue weighted by atomic mass is 10.7. The van der Waals surface area contributed by atoms with E-state index < -0.39 is 6.30 Å². The fourth-order valence-electron chi connectivity index (χ4n) is 0.491. The average molecular weight is 114 g/mol. The molecule has 0 saturated carbocycles. The molecular weight excluding hydrogens is 107 g/mol. The van der Waals surface area contributed by atoms with Crippen LogP contribution in [0.4, 0.5) is 4.39 Å². The first kappa shape index (κ1) is 5.28. The van der Waals surface area contributed by atoms with Gasteiger partial charge in [0.1, 0.15) is 0 Å². The van der Waals surface area contributed by atoms with Crippen LogP contribution in [0, 0.1) is 0 Å². The van der Waals surface area contributed by atoms with Gasteiger partial charge in [-0.1, -0.05) is 0 Å². The lowest BCUT2D eigenvalue weighted by molar-refractivity contribution is 0.245. The summed E-state index contributed by atoms with van der Waals surface area (Å²) in [7, 11) is 0. The maximum absolute atomic E-state index is 12.2. The maximum Gasteiger partial charge on any atom is 0.188 e. The van der Waals surface area contributed by atoms with Crippen LogP contribution in [0.25, 0.3) is 0 Å². The Balaban J connectivity index is 2.77. The molecule has 3 heteroatoms. The molecule has 1 rings (SSSR count). The molecule has 1 heterocycles. The molecule has 0 amide bonds. The van der Waals surface area contributed by atoms with E-state index in [1.54, 1.807) is 18.5 Å². The van der Waals surface area contributed by atoms with Crippen molar-refractivity contribution in [2.75, 3.05) is 0 Å². The number of halogens is 1. The number of nitrogens with zero attached hydrogens (tertiary/aromatic N) is 2. The van der Waals surface area contributed by atoms with E-state index >= 15 is 0 Å². The van der Waals surface area contributed by atoms with E-state index in [2.05, 4.69) is 5.10 Å². The number of hydrogen-bond donors (Lipinski definition) is 0. The second-order valence-electron chi connectivity index (χ2n) is 1.56. The van der Waals surface area contributed by atoms with Gasteiger partial charge in [0.2, 0.25) is 0 Å². The molecule has 0 radical (unpaired) electrons. The van der Waals surface area contributed by atoms with Crippen LogP contribution in [0.2, 0.25) is 0 Å². The van der Waals surface area contributed by atoms with E-state index in [9.17, 15) is 4.39 Å². The smallest absolute Gasteiger partial charge is 0.188 e. The van der Waals surface area contributed by atoms with Gasteiger partial charge in [-0.25, -0.2) is 9.07 Å². The van der Waals surface area contributed by atoms with E-state index in [-0.39, 0.29) is 0 Å². The molecule has 0 aliphatic heterocycles. The largest absolute Gasteiger partial charge is 0.239 e. The Bertz CT molecular complexity index is 145. The third-order valence-corrected chi connectivity index (χ3v) is 0.889. The molecule has 0 saturated heterocycles. The lowest BCUT2D eigenvalue weighted by Crippen LogP contribution is -1.97. The van der Waals surface area contributed by atoms with Gasteiger partial charge in [-0.3, -0.25) is 0 Å². The van der Waals surface area contributed by atoms with E-state index in [0.717, 1.165) is 0 Å². The Hall–Kier alpha value is -0.860. The summed E-state index contributed by atoms with van der Waals surface area (Å²) >= 11 is 0. The van der Waals surface area contributed by atoms with E-state index in [1.807, 2.05) is 0 Å². The molecule has 1 unspecified atom stereocenters. The molecule has 0 fully saturated rings. The highest BCUT2D eigenvalue weighted by Crippen LogP contribution is 2.01. The minimum atomic E-state index is -1.01. The average Bonchev–Trinajstić information content (AvgIpc) is 2.12. The molecule has 1 aromatic rings. The van der Waals surface area contributed by atoms with Gasteiger partial charge in [-0.15, -0.1) is 0 Å². The summed E-state index contributed by atoms with van der Waals surface area (Å²) in [5, 5.41) is 3.66. The monoisotopic (exact) mass is 114 g/mol. The van der Waals surface area contributed by atoms with Crippen LogP contribution in [0.1, 0.15) is 13.2 Å². The molecular formula is C5H7FN2. The second kappa shape index (κ2) is 1.94. The molecule has 2 nitrogen and oxygen atoms in total. The molecule has 1 aromatic heterocycles. The van der Waals surface area contributed by atoms with Crippen molar-refractivity contribution in [2.24, 2.45) is 0 Å². The topological polar surface area (TPSA) is 17.8 Å². The van der Waals surface area contributed by atoms with Gasteiger partial charge in [0, 0.05) is 12.4 Å². The van der Waals surface area contributed by atoms with Gasteiger partial charge in [0.05, 0.1) is 0 Å². The van der Waals surface area contributed by atoms with Crippen molar-refractivity contribution in [3.63, 3.8) is 0 Å². The molecule has 0 aliphatic carbocycles. The standard InChI is InChI=1S/C5H7FN2/c1-5(6)8-4-2-3-7-8/h2-5H,1H3. The summed E-state index contributed by atoms with van der Waals surface area (Å²) in [5.41, 5.74) is 0. The molecule has 8 heavy (non-hydrogen) atoms. The van der Waals surface area contributed by atoms with Gasteiger partial charge in [-0.2, -0.15) is 5.10 Å². The molecule has 44 valence electrons. The highest BCUT2D eigenvalue weighted by molar-refractivity contribution is 4.78. The Kier molecular flexibility index (Phi) is 1.28. The first-order valence-electron chi connectivity index (χ1n) is 2.44. The van der Waals surface area contributed by atoms with Gasteiger partial charge in [-0.05, 0) is 13.0 Å². The summed E-state index contributed by atoms with van der Waals surface area (Å²) in [6.45, 7) is 1.44. The van der Waals surface area contributed by atoms with Crippen LogP contribution >= 0.6 is 0 Å². The van der Waals surface area contributed by atoms with Crippen molar-refractivity contribution >= 4 is 0 Å². The second-order valence-corrected chi connectivity index (χ2v) is 1.56. The fraction of sp³-hybridized carbons (Fsp3) is 0.400. The number of rotatable bonds is 1. The first-order chi connectivity index (χ1) is 3.80. The number of alkyl halides is 1. The van der Waals surface area contributed by atoms with E-state index in [1.165, 1.54) is 11.6 Å². The van der Waals surface area contributed by atoms with Gasteiger partial charge in [0.15, 0.2) is 6.30 Å². The number of hydrogen-bond acceptors (Lipinski definition) is 1. The van der Waals surface area contributed by atoms with E-state index in [4.69, 9.17) is 0 Å². The summed E-state index contributed by atoms with van der Waals surface area (Å²) in [4.78, 5) is 0. The SMILES string of the molecule is CC(F)n1cccn1. The zero-order valence-corrected chi connectivity index (χ0v) is 4.58. The van der Waals surface area contributed by atoms with Gasteiger partial charge in [0.25, 0.3) is 0 Å². The molecule has 1 atom stereocenters. The van der Waals surface area contributed by atoms with Gasteiger partial charge >= 0.3 is 0 Å². The summed E-state index contributed by atoms with van der Waals surface area (Å²) < 4.78 is 13.4. The Morgan fingerprint density at radius 2 is 2.50 bits per heavy atom. The summed E-state index contributed by atoms with van der Waals surface area (Å²) in [5.74, 6) is 0. The maximum atomic E-state index is 12.2. The predicted octanol–water partition coefficient (Wildman–Crippen LogP) is 1.37. The normalized spacial score (nSPS) is 13.8. The van der Waals surface area contributed by atoms with Crippen LogP contribution in [-0.2, 0) is 0 Å². The zero-order valence-electron chi connectivity index (χ0n) is 4.58. The fourth-order valence-corrected chi connectivity index (χ4v) is 0.491. The number of aromatic nitrogens is 2. The van der Waals surface area contributed by atoms with Crippen LogP contribution in [-0.4, -0.2) is 9.78 Å². The highest BCUT2D eigenvalue weighted by atomic mass is 19.1. The zero-order chi connectivity index (χ0) is 5.98. The molecule has 0 spiro atoms.